The molecule has 1 aromatic heterocycles. The molecular formula is C23H23N5O5. The highest BCUT2D eigenvalue weighted by molar-refractivity contribution is 5.99. The van der Waals surface area contributed by atoms with Gasteiger partial charge in [0.1, 0.15) is 12.0 Å². The van der Waals surface area contributed by atoms with Crippen molar-refractivity contribution < 1.29 is 23.5 Å². The summed E-state index contributed by atoms with van der Waals surface area (Å²) in [6, 6.07) is 15.6. The van der Waals surface area contributed by atoms with E-state index in [1.165, 1.54) is 0 Å². The van der Waals surface area contributed by atoms with Gasteiger partial charge in [0, 0.05) is 16.9 Å². The number of benzene rings is 2. The fourth-order valence-corrected chi connectivity index (χ4v) is 3.24. The first-order valence-corrected chi connectivity index (χ1v) is 10.5. The second-order valence-electron chi connectivity index (χ2n) is 7.50. The summed E-state index contributed by atoms with van der Waals surface area (Å²) in [6.45, 7) is 1.74. The number of ether oxygens (including phenoxy) is 1. The summed E-state index contributed by atoms with van der Waals surface area (Å²) in [5.74, 6) is -0.369. The minimum Gasteiger partial charge on any atom is -0.465 e. The van der Waals surface area contributed by atoms with Gasteiger partial charge in [-0.3, -0.25) is 9.59 Å². The first-order valence-electron chi connectivity index (χ1n) is 10.5. The fraction of sp³-hybridized carbons (Fsp3) is 0.261. The predicted molar refractivity (Wildman–Crippen MR) is 119 cm³/mol. The maximum Gasteiger partial charge on any atom is 0.325 e. The third kappa shape index (κ3) is 5.17. The molecule has 0 bridgehead atoms. The summed E-state index contributed by atoms with van der Waals surface area (Å²) in [7, 11) is 0. The van der Waals surface area contributed by atoms with Crippen molar-refractivity contribution in [1.29, 1.82) is 0 Å². The van der Waals surface area contributed by atoms with Gasteiger partial charge >= 0.3 is 12.0 Å². The van der Waals surface area contributed by atoms with E-state index >= 15 is 0 Å². The van der Waals surface area contributed by atoms with Gasteiger partial charge in [-0.25, -0.2) is 4.79 Å². The van der Waals surface area contributed by atoms with Crippen molar-refractivity contribution >= 4 is 29.3 Å². The number of amides is 3. The zero-order valence-corrected chi connectivity index (χ0v) is 18.0. The molecule has 1 fully saturated rings. The van der Waals surface area contributed by atoms with Crippen molar-refractivity contribution in [3.63, 3.8) is 0 Å². The normalized spacial score (nSPS) is 13.6. The Morgan fingerprint density at radius 2 is 1.64 bits per heavy atom. The molecule has 10 heteroatoms. The molecular weight excluding hydrogens is 426 g/mol. The standard InChI is InChI=1S/C23H23N5O5/c1-2-32-18(29)14-24-20(30)23(12-13-23)21-28-27-19(33-21)15-8-10-17(11-9-15)26-22(31)25-16-6-4-3-5-7-16/h3-11H,2,12-14H2,1H3,(H,24,30)(H2,25,26,31). The minimum absolute atomic E-state index is 0.207. The zero-order chi connectivity index (χ0) is 23.3. The van der Waals surface area contributed by atoms with Gasteiger partial charge in [0.15, 0.2) is 0 Å². The van der Waals surface area contributed by atoms with E-state index in [4.69, 9.17) is 9.15 Å². The summed E-state index contributed by atoms with van der Waals surface area (Å²) in [5.41, 5.74) is 1.01. The van der Waals surface area contributed by atoms with E-state index in [1.807, 2.05) is 18.2 Å². The molecule has 0 atom stereocenters. The van der Waals surface area contributed by atoms with Crippen LogP contribution in [0.2, 0.25) is 0 Å². The van der Waals surface area contributed by atoms with Crippen LogP contribution in [0.15, 0.2) is 59.0 Å². The molecule has 3 aromatic rings. The third-order valence-corrected chi connectivity index (χ3v) is 5.14. The van der Waals surface area contributed by atoms with Crippen LogP contribution in [-0.2, 0) is 19.7 Å². The highest BCUT2D eigenvalue weighted by atomic mass is 16.5. The van der Waals surface area contributed by atoms with Gasteiger partial charge < -0.3 is 25.1 Å². The lowest BCUT2D eigenvalue weighted by molar-refractivity contribution is -0.143. The molecule has 0 saturated heterocycles. The Morgan fingerprint density at radius 1 is 0.970 bits per heavy atom. The fourth-order valence-electron chi connectivity index (χ4n) is 3.24. The van der Waals surface area contributed by atoms with E-state index in [1.54, 1.807) is 43.3 Å². The smallest absolute Gasteiger partial charge is 0.325 e. The maximum atomic E-state index is 12.6. The number of hydrogen-bond donors (Lipinski definition) is 3. The van der Waals surface area contributed by atoms with Crippen LogP contribution in [0.5, 0.6) is 0 Å². The van der Waals surface area contributed by atoms with E-state index in [-0.39, 0.29) is 36.9 Å². The molecule has 10 nitrogen and oxygen atoms in total. The zero-order valence-electron chi connectivity index (χ0n) is 18.0. The number of carbonyl (C=O) groups is 3. The Kier molecular flexibility index (Phi) is 6.34. The summed E-state index contributed by atoms with van der Waals surface area (Å²) < 4.78 is 10.6. The number of aromatic nitrogens is 2. The Hall–Kier alpha value is -4.21. The first-order chi connectivity index (χ1) is 16.0. The summed E-state index contributed by atoms with van der Waals surface area (Å²) in [5, 5.41) is 16.2. The molecule has 1 aliphatic rings. The van der Waals surface area contributed by atoms with Gasteiger partial charge in [0.05, 0.1) is 6.61 Å². The minimum atomic E-state index is -0.908. The number of hydrogen-bond acceptors (Lipinski definition) is 7. The van der Waals surface area contributed by atoms with Crippen LogP contribution >= 0.6 is 0 Å². The van der Waals surface area contributed by atoms with Crippen LogP contribution in [-0.4, -0.2) is 41.3 Å². The van der Waals surface area contributed by atoms with Gasteiger partial charge in [-0.05, 0) is 56.2 Å². The Balaban J connectivity index is 1.37. The second kappa shape index (κ2) is 9.51. The van der Waals surface area contributed by atoms with Crippen molar-refractivity contribution in [3.8, 4) is 11.5 Å². The Bertz CT molecular complexity index is 1140. The van der Waals surface area contributed by atoms with Crippen LogP contribution in [0.1, 0.15) is 25.7 Å². The molecule has 1 saturated carbocycles. The second-order valence-corrected chi connectivity index (χ2v) is 7.50. The largest absolute Gasteiger partial charge is 0.465 e. The van der Waals surface area contributed by atoms with Crippen molar-refractivity contribution in [2.24, 2.45) is 0 Å². The topological polar surface area (TPSA) is 135 Å². The summed E-state index contributed by atoms with van der Waals surface area (Å²) in [4.78, 5) is 36.2. The van der Waals surface area contributed by atoms with Crippen LogP contribution in [0.3, 0.4) is 0 Å². The van der Waals surface area contributed by atoms with Gasteiger partial charge in [0.2, 0.25) is 17.7 Å². The quantitative estimate of drug-likeness (QED) is 0.450. The maximum absolute atomic E-state index is 12.6. The lowest BCUT2D eigenvalue weighted by Gasteiger charge is -2.10. The van der Waals surface area contributed by atoms with Gasteiger partial charge in [-0.15, -0.1) is 10.2 Å². The summed E-state index contributed by atoms with van der Waals surface area (Å²) >= 11 is 0. The number of rotatable bonds is 8. The number of carbonyl (C=O) groups excluding carboxylic acids is 3. The molecule has 4 rings (SSSR count). The molecule has 0 aliphatic heterocycles. The molecule has 3 N–H and O–H groups in total. The number of nitrogens with zero attached hydrogens (tertiary/aromatic N) is 2. The first kappa shape index (κ1) is 22.0. The van der Waals surface area contributed by atoms with Crippen LogP contribution in [0, 0.1) is 0 Å². The number of urea groups is 1. The number of anilines is 2. The van der Waals surface area contributed by atoms with E-state index < -0.39 is 11.4 Å². The lowest BCUT2D eigenvalue weighted by Crippen LogP contribution is -2.38. The molecule has 1 heterocycles. The lowest BCUT2D eigenvalue weighted by atomic mass is 10.1. The van der Waals surface area contributed by atoms with Gasteiger partial charge in [-0.1, -0.05) is 18.2 Å². The van der Waals surface area contributed by atoms with Crippen LogP contribution in [0.4, 0.5) is 16.2 Å². The van der Waals surface area contributed by atoms with E-state index in [2.05, 4.69) is 26.1 Å². The average molecular weight is 449 g/mol. The Labute approximate surface area is 189 Å². The Morgan fingerprint density at radius 3 is 2.27 bits per heavy atom. The molecule has 2 aromatic carbocycles. The van der Waals surface area contributed by atoms with E-state index in [0.29, 0.717) is 29.8 Å². The van der Waals surface area contributed by atoms with E-state index in [0.717, 1.165) is 0 Å². The van der Waals surface area contributed by atoms with Crippen LogP contribution < -0.4 is 16.0 Å². The number of para-hydroxylation sites is 1. The predicted octanol–water partition coefficient (Wildman–Crippen LogP) is 3.09. The monoisotopic (exact) mass is 449 g/mol. The number of esters is 1. The number of nitrogens with one attached hydrogen (secondary N) is 3. The molecule has 170 valence electrons. The molecule has 0 spiro atoms. The molecule has 33 heavy (non-hydrogen) atoms. The summed E-state index contributed by atoms with van der Waals surface area (Å²) in [6.07, 6.45) is 1.12. The highest BCUT2D eigenvalue weighted by Gasteiger charge is 2.56. The van der Waals surface area contributed by atoms with Crippen molar-refractivity contribution in [3.05, 3.63) is 60.5 Å². The van der Waals surface area contributed by atoms with Crippen molar-refractivity contribution in [2.75, 3.05) is 23.8 Å². The van der Waals surface area contributed by atoms with Crippen molar-refractivity contribution in [2.45, 2.75) is 25.2 Å². The molecule has 3 amide bonds. The average Bonchev–Trinajstić information content (AvgIpc) is 3.48. The van der Waals surface area contributed by atoms with Gasteiger partial charge in [-0.2, -0.15) is 0 Å². The third-order valence-electron chi connectivity index (χ3n) is 5.14. The van der Waals surface area contributed by atoms with Crippen LogP contribution in [0.25, 0.3) is 11.5 Å². The SMILES string of the molecule is CCOC(=O)CNC(=O)C1(c2nnc(-c3ccc(NC(=O)Nc4ccccc4)cc3)o2)CC1. The molecule has 0 unspecified atom stereocenters. The molecule has 0 radical (unpaired) electrons. The van der Waals surface area contributed by atoms with Gasteiger partial charge in [0.25, 0.3) is 0 Å². The van der Waals surface area contributed by atoms with Crippen molar-refractivity contribution in [1.82, 2.24) is 15.5 Å². The highest BCUT2D eigenvalue weighted by Crippen LogP contribution is 2.48. The molecule has 1 aliphatic carbocycles. The van der Waals surface area contributed by atoms with E-state index in [9.17, 15) is 14.4 Å².